The fourth-order valence-corrected chi connectivity index (χ4v) is 1.06. The van der Waals surface area contributed by atoms with Crippen molar-refractivity contribution in [1.29, 1.82) is 0 Å². The monoisotopic (exact) mass is 226 g/mol. The van der Waals surface area contributed by atoms with E-state index in [-0.39, 0.29) is 18.1 Å². The van der Waals surface area contributed by atoms with Crippen LogP contribution in [0.4, 0.5) is 0 Å². The Hall–Kier alpha value is -1.58. The fraction of sp³-hybridized carbons (Fsp3) is 0.500. The van der Waals surface area contributed by atoms with E-state index >= 15 is 0 Å². The average Bonchev–Trinajstić information content (AvgIpc) is 2.27. The topological polar surface area (TPSA) is 52.6 Å². The van der Waals surface area contributed by atoms with Crippen LogP contribution in [0.2, 0.25) is 0 Å². The van der Waals surface area contributed by atoms with Gasteiger partial charge in [-0.25, -0.2) is 9.59 Å². The Kier molecular flexibility index (Phi) is 6.15. The van der Waals surface area contributed by atoms with Crippen LogP contribution in [0.3, 0.4) is 0 Å². The van der Waals surface area contributed by atoms with Gasteiger partial charge in [0.15, 0.2) is 0 Å². The Labute approximate surface area is 95.9 Å². The van der Waals surface area contributed by atoms with Crippen LogP contribution in [0.15, 0.2) is 25.3 Å². The summed E-state index contributed by atoms with van der Waals surface area (Å²) in [4.78, 5) is 21.9. The van der Waals surface area contributed by atoms with Gasteiger partial charge < -0.3 is 9.47 Å². The largest absolute Gasteiger partial charge is 0.459 e. The maximum atomic E-state index is 11.0. The highest BCUT2D eigenvalue weighted by molar-refractivity contribution is 5.81. The van der Waals surface area contributed by atoms with Gasteiger partial charge in [0.2, 0.25) is 0 Å². The number of carbonyl (C=O) groups excluding carboxylic acids is 2. The van der Waals surface area contributed by atoms with Gasteiger partial charge in [0, 0.05) is 18.1 Å². The number of hydrogen-bond acceptors (Lipinski definition) is 4. The summed E-state index contributed by atoms with van der Waals surface area (Å²) in [7, 11) is 0. The summed E-state index contributed by atoms with van der Waals surface area (Å²) in [6.07, 6.45) is 1.50. The highest BCUT2D eigenvalue weighted by atomic mass is 16.6. The Bertz CT molecular complexity index is 255. The second-order valence-electron chi connectivity index (χ2n) is 3.55. The Morgan fingerprint density at radius 2 is 1.25 bits per heavy atom. The molecule has 0 amide bonds. The quantitative estimate of drug-likeness (QED) is 0.512. The van der Waals surface area contributed by atoms with E-state index in [1.807, 2.05) is 6.92 Å². The molecule has 0 bridgehead atoms. The van der Waals surface area contributed by atoms with Gasteiger partial charge in [-0.1, -0.05) is 20.1 Å². The molecule has 0 radical (unpaired) electrons. The van der Waals surface area contributed by atoms with Crippen molar-refractivity contribution in [2.45, 2.75) is 33.0 Å². The summed E-state index contributed by atoms with van der Waals surface area (Å²) in [5.74, 6) is -1.07. The minimum Gasteiger partial charge on any atom is -0.459 e. The van der Waals surface area contributed by atoms with E-state index in [9.17, 15) is 9.59 Å². The first-order valence-corrected chi connectivity index (χ1v) is 5.08. The molecule has 0 saturated heterocycles. The molecule has 2 atom stereocenters. The maximum Gasteiger partial charge on any atom is 0.330 e. The lowest BCUT2D eigenvalue weighted by Gasteiger charge is -2.25. The zero-order chi connectivity index (χ0) is 12.7. The average molecular weight is 226 g/mol. The molecule has 0 aliphatic carbocycles. The molecule has 0 spiro atoms. The molecule has 0 aromatic heterocycles. The highest BCUT2D eigenvalue weighted by Crippen LogP contribution is 2.15. The summed E-state index contributed by atoms with van der Waals surface area (Å²) in [5.41, 5.74) is 0. The SMILES string of the molecule is C=CC(=O)OC(C)C(C)C(C)OC(=O)C=C. The normalized spacial score (nSPS) is 15.4. The highest BCUT2D eigenvalue weighted by Gasteiger charge is 2.23. The Morgan fingerprint density at radius 3 is 1.50 bits per heavy atom. The lowest BCUT2D eigenvalue weighted by atomic mass is 10.0. The van der Waals surface area contributed by atoms with Crippen molar-refractivity contribution in [2.24, 2.45) is 5.92 Å². The molecule has 0 heterocycles. The number of carbonyl (C=O) groups is 2. The van der Waals surface area contributed by atoms with Crippen LogP contribution in [-0.4, -0.2) is 24.1 Å². The van der Waals surface area contributed by atoms with Crippen LogP contribution in [0, 0.1) is 5.92 Å². The Balaban J connectivity index is 4.25. The van der Waals surface area contributed by atoms with Crippen LogP contribution in [0.1, 0.15) is 20.8 Å². The fourth-order valence-electron chi connectivity index (χ4n) is 1.06. The van der Waals surface area contributed by atoms with Gasteiger partial charge in [0.05, 0.1) is 0 Å². The third-order valence-corrected chi connectivity index (χ3v) is 2.42. The minimum atomic E-state index is -0.485. The summed E-state index contributed by atoms with van der Waals surface area (Å²) in [6, 6.07) is 0. The lowest BCUT2D eigenvalue weighted by Crippen LogP contribution is -2.32. The van der Waals surface area contributed by atoms with Gasteiger partial charge in [-0.2, -0.15) is 0 Å². The van der Waals surface area contributed by atoms with E-state index in [2.05, 4.69) is 13.2 Å². The molecule has 0 aliphatic heterocycles. The molecule has 0 aromatic rings. The van der Waals surface area contributed by atoms with Crippen molar-refractivity contribution in [3.63, 3.8) is 0 Å². The first-order chi connectivity index (χ1) is 7.42. The van der Waals surface area contributed by atoms with Gasteiger partial charge in [-0.3, -0.25) is 0 Å². The van der Waals surface area contributed by atoms with Crippen LogP contribution < -0.4 is 0 Å². The molecule has 16 heavy (non-hydrogen) atoms. The molecule has 0 aromatic carbocycles. The smallest absolute Gasteiger partial charge is 0.330 e. The van der Waals surface area contributed by atoms with Crippen molar-refractivity contribution >= 4 is 11.9 Å². The lowest BCUT2D eigenvalue weighted by molar-refractivity contribution is -0.152. The Morgan fingerprint density at radius 1 is 0.938 bits per heavy atom. The van der Waals surface area contributed by atoms with Crippen LogP contribution in [0.5, 0.6) is 0 Å². The predicted molar refractivity (Wildman–Crippen MR) is 60.7 cm³/mol. The van der Waals surface area contributed by atoms with E-state index in [1.54, 1.807) is 13.8 Å². The molecule has 0 N–H and O–H groups in total. The molecule has 0 rings (SSSR count). The van der Waals surface area contributed by atoms with Crippen molar-refractivity contribution in [3.05, 3.63) is 25.3 Å². The molecule has 0 fully saturated rings. The van der Waals surface area contributed by atoms with Crippen molar-refractivity contribution in [1.82, 2.24) is 0 Å². The molecule has 2 unspecified atom stereocenters. The summed E-state index contributed by atoms with van der Waals surface area (Å²) in [6.45, 7) is 11.9. The van der Waals surface area contributed by atoms with E-state index in [4.69, 9.17) is 9.47 Å². The molecule has 4 nitrogen and oxygen atoms in total. The summed E-state index contributed by atoms with van der Waals surface area (Å²) < 4.78 is 10.0. The van der Waals surface area contributed by atoms with Crippen molar-refractivity contribution in [2.75, 3.05) is 0 Å². The van der Waals surface area contributed by atoms with Crippen LogP contribution in [-0.2, 0) is 19.1 Å². The van der Waals surface area contributed by atoms with E-state index in [0.717, 1.165) is 12.2 Å². The molecule has 4 heteroatoms. The van der Waals surface area contributed by atoms with Gasteiger partial charge >= 0.3 is 11.9 Å². The first-order valence-electron chi connectivity index (χ1n) is 5.08. The third-order valence-electron chi connectivity index (χ3n) is 2.42. The number of esters is 2. The van der Waals surface area contributed by atoms with Gasteiger partial charge in [0.25, 0.3) is 0 Å². The van der Waals surface area contributed by atoms with Gasteiger partial charge in [-0.15, -0.1) is 0 Å². The molecule has 0 saturated carbocycles. The maximum absolute atomic E-state index is 11.0. The number of hydrogen-bond donors (Lipinski definition) is 0. The second kappa shape index (κ2) is 6.82. The van der Waals surface area contributed by atoms with Crippen LogP contribution >= 0.6 is 0 Å². The third kappa shape index (κ3) is 4.77. The van der Waals surface area contributed by atoms with Gasteiger partial charge in [0.1, 0.15) is 12.2 Å². The number of rotatable bonds is 6. The van der Waals surface area contributed by atoms with Crippen LogP contribution in [0.25, 0.3) is 0 Å². The van der Waals surface area contributed by atoms with E-state index in [1.165, 1.54) is 0 Å². The first kappa shape index (κ1) is 14.4. The molecular formula is C12H18O4. The summed E-state index contributed by atoms with van der Waals surface area (Å²) >= 11 is 0. The van der Waals surface area contributed by atoms with Crippen molar-refractivity contribution < 1.29 is 19.1 Å². The minimum absolute atomic E-state index is 0.104. The molecular weight excluding hydrogens is 208 g/mol. The summed E-state index contributed by atoms with van der Waals surface area (Å²) in [5, 5.41) is 0. The van der Waals surface area contributed by atoms with E-state index < -0.39 is 11.9 Å². The van der Waals surface area contributed by atoms with Crippen molar-refractivity contribution in [3.8, 4) is 0 Å². The van der Waals surface area contributed by atoms with E-state index in [0.29, 0.717) is 0 Å². The number of ether oxygens (including phenoxy) is 2. The molecule has 0 aliphatic rings. The zero-order valence-electron chi connectivity index (χ0n) is 9.93. The molecule has 90 valence electrons. The predicted octanol–water partition coefficient (Wildman–Crippen LogP) is 1.86. The zero-order valence-corrected chi connectivity index (χ0v) is 9.93. The second-order valence-corrected chi connectivity index (χ2v) is 3.55. The van der Waals surface area contributed by atoms with Gasteiger partial charge in [-0.05, 0) is 13.8 Å². The standard InChI is InChI=1S/C12H18O4/c1-6-11(13)15-9(4)8(3)10(5)16-12(14)7-2/h6-10H,1-2H2,3-5H3.